The van der Waals surface area contributed by atoms with Crippen LogP contribution in [0.3, 0.4) is 0 Å². The molecule has 2 aromatic rings. The van der Waals surface area contributed by atoms with E-state index >= 15 is 0 Å². The van der Waals surface area contributed by atoms with Crippen molar-refractivity contribution in [2.24, 2.45) is 0 Å². The molecular weight excluding hydrogens is 290 g/mol. The second-order valence-electron chi connectivity index (χ2n) is 6.12. The molecule has 3 rings (SSSR count). The van der Waals surface area contributed by atoms with Gasteiger partial charge in [0.1, 0.15) is 0 Å². The van der Waals surface area contributed by atoms with Crippen molar-refractivity contribution in [3.8, 4) is 0 Å². The maximum absolute atomic E-state index is 12.5. The lowest BCUT2D eigenvalue weighted by Crippen LogP contribution is -2.37. The monoisotopic (exact) mass is 311 g/mol. The summed E-state index contributed by atoms with van der Waals surface area (Å²) in [5.74, 6) is 0.949. The van der Waals surface area contributed by atoms with Crippen LogP contribution in [0.1, 0.15) is 22.5 Å². The Morgan fingerprint density at radius 2 is 2.13 bits per heavy atom. The van der Waals surface area contributed by atoms with Gasteiger partial charge in [-0.2, -0.15) is 5.10 Å². The Morgan fingerprint density at radius 3 is 2.83 bits per heavy atom. The second-order valence-corrected chi connectivity index (χ2v) is 6.12. The van der Waals surface area contributed by atoms with Gasteiger partial charge in [-0.1, -0.05) is 6.07 Å². The van der Waals surface area contributed by atoms with Gasteiger partial charge in [-0.3, -0.25) is 9.78 Å². The fourth-order valence-corrected chi connectivity index (χ4v) is 2.64. The summed E-state index contributed by atoms with van der Waals surface area (Å²) in [6.45, 7) is 3.24. The first-order valence-corrected chi connectivity index (χ1v) is 7.75. The molecule has 0 radical (unpaired) electrons. The van der Waals surface area contributed by atoms with Gasteiger partial charge in [0.25, 0.3) is 0 Å². The molecule has 1 aliphatic rings. The van der Waals surface area contributed by atoms with E-state index in [1.54, 1.807) is 6.20 Å². The number of aryl methyl sites for hydroxylation is 1. The van der Waals surface area contributed by atoms with E-state index in [0.29, 0.717) is 19.5 Å². The molecule has 0 fully saturated rings. The normalized spacial score (nSPS) is 13.6. The third-order valence-electron chi connectivity index (χ3n) is 4.07. The Labute approximate surface area is 136 Å². The van der Waals surface area contributed by atoms with Gasteiger partial charge in [0.2, 0.25) is 5.91 Å². The summed E-state index contributed by atoms with van der Waals surface area (Å²) in [7, 11) is 3.87. The standard InChI is InChI=1S/C17H21N5O/c1-12-4-5-13(10-18-12)8-17(23)22-7-6-15-14(11-22)9-16(20-19-15)21(2)3/h4-5,9-10H,6-8,11H2,1-3H3. The number of carbonyl (C=O) groups is 1. The quantitative estimate of drug-likeness (QED) is 0.857. The van der Waals surface area contributed by atoms with Crippen molar-refractivity contribution in [3.63, 3.8) is 0 Å². The molecule has 0 atom stereocenters. The van der Waals surface area contributed by atoms with Crippen LogP contribution >= 0.6 is 0 Å². The average Bonchev–Trinajstić information content (AvgIpc) is 2.55. The van der Waals surface area contributed by atoms with Crippen molar-refractivity contribution in [1.29, 1.82) is 0 Å². The number of carbonyl (C=O) groups excluding carboxylic acids is 1. The summed E-state index contributed by atoms with van der Waals surface area (Å²) < 4.78 is 0. The molecule has 0 aromatic carbocycles. The van der Waals surface area contributed by atoms with Gasteiger partial charge in [-0.05, 0) is 30.2 Å². The van der Waals surface area contributed by atoms with Gasteiger partial charge in [0, 0.05) is 45.5 Å². The summed E-state index contributed by atoms with van der Waals surface area (Å²) in [5, 5.41) is 8.49. The Kier molecular flexibility index (Phi) is 4.23. The van der Waals surface area contributed by atoms with E-state index in [9.17, 15) is 4.79 Å². The number of nitrogens with zero attached hydrogens (tertiary/aromatic N) is 5. The fraction of sp³-hybridized carbons (Fsp3) is 0.412. The van der Waals surface area contributed by atoms with Gasteiger partial charge in [-0.15, -0.1) is 5.10 Å². The van der Waals surface area contributed by atoms with E-state index in [0.717, 1.165) is 34.8 Å². The molecule has 120 valence electrons. The zero-order valence-corrected chi connectivity index (χ0v) is 13.8. The third kappa shape index (κ3) is 3.47. The highest BCUT2D eigenvalue weighted by Gasteiger charge is 2.22. The van der Waals surface area contributed by atoms with Gasteiger partial charge < -0.3 is 9.80 Å². The van der Waals surface area contributed by atoms with Crippen LogP contribution < -0.4 is 4.90 Å². The van der Waals surface area contributed by atoms with Crippen molar-refractivity contribution < 1.29 is 4.79 Å². The van der Waals surface area contributed by atoms with Crippen LogP contribution in [0.4, 0.5) is 5.82 Å². The Bertz CT molecular complexity index is 711. The molecule has 6 nitrogen and oxygen atoms in total. The van der Waals surface area contributed by atoms with E-state index in [2.05, 4.69) is 15.2 Å². The Morgan fingerprint density at radius 1 is 1.30 bits per heavy atom. The summed E-state index contributed by atoms with van der Waals surface area (Å²) in [4.78, 5) is 20.6. The predicted octanol–water partition coefficient (Wildman–Crippen LogP) is 1.37. The molecule has 0 bridgehead atoms. The summed E-state index contributed by atoms with van der Waals surface area (Å²) in [5.41, 5.74) is 4.00. The van der Waals surface area contributed by atoms with E-state index < -0.39 is 0 Å². The molecule has 0 saturated carbocycles. The average molecular weight is 311 g/mol. The summed E-state index contributed by atoms with van der Waals surface area (Å²) in [6.07, 6.45) is 2.93. The minimum absolute atomic E-state index is 0.129. The molecule has 0 saturated heterocycles. The predicted molar refractivity (Wildman–Crippen MR) is 88.2 cm³/mol. The van der Waals surface area contributed by atoms with Crippen molar-refractivity contribution in [2.75, 3.05) is 25.5 Å². The molecule has 6 heteroatoms. The number of hydrogen-bond donors (Lipinski definition) is 0. The van der Waals surface area contributed by atoms with Gasteiger partial charge in [0.05, 0.1) is 12.1 Å². The van der Waals surface area contributed by atoms with E-state index in [1.807, 2.05) is 49.0 Å². The first-order valence-electron chi connectivity index (χ1n) is 7.75. The molecule has 1 aliphatic heterocycles. The lowest BCUT2D eigenvalue weighted by Gasteiger charge is -2.28. The van der Waals surface area contributed by atoms with Crippen molar-refractivity contribution in [2.45, 2.75) is 26.3 Å². The van der Waals surface area contributed by atoms with E-state index in [4.69, 9.17) is 0 Å². The molecule has 3 heterocycles. The summed E-state index contributed by atoms with van der Waals surface area (Å²) >= 11 is 0. The SMILES string of the molecule is Cc1ccc(CC(=O)N2CCc3nnc(N(C)C)cc3C2)cn1. The molecular formula is C17H21N5O. The smallest absolute Gasteiger partial charge is 0.227 e. The number of pyridine rings is 1. The van der Waals surface area contributed by atoms with Crippen LogP contribution in [0.15, 0.2) is 24.4 Å². The van der Waals surface area contributed by atoms with E-state index in [1.165, 1.54) is 0 Å². The lowest BCUT2D eigenvalue weighted by atomic mass is 10.1. The molecule has 23 heavy (non-hydrogen) atoms. The van der Waals surface area contributed by atoms with Crippen LogP contribution in [0.2, 0.25) is 0 Å². The van der Waals surface area contributed by atoms with Crippen LogP contribution in [-0.2, 0) is 24.2 Å². The fourth-order valence-electron chi connectivity index (χ4n) is 2.64. The molecule has 2 aromatic heterocycles. The number of rotatable bonds is 3. The number of aromatic nitrogens is 3. The largest absolute Gasteiger partial charge is 0.361 e. The van der Waals surface area contributed by atoms with Gasteiger partial charge in [0.15, 0.2) is 5.82 Å². The molecule has 0 N–H and O–H groups in total. The number of amides is 1. The molecule has 0 aliphatic carbocycles. The van der Waals surface area contributed by atoms with Crippen LogP contribution in [-0.4, -0.2) is 46.6 Å². The topological polar surface area (TPSA) is 62.2 Å². The van der Waals surface area contributed by atoms with Crippen molar-refractivity contribution in [1.82, 2.24) is 20.1 Å². The highest BCUT2D eigenvalue weighted by molar-refractivity contribution is 5.79. The first-order chi connectivity index (χ1) is 11.0. The number of fused-ring (bicyclic) bond motifs is 1. The third-order valence-corrected chi connectivity index (χ3v) is 4.07. The number of hydrogen-bond acceptors (Lipinski definition) is 5. The Hall–Kier alpha value is -2.50. The molecule has 0 unspecified atom stereocenters. The second kappa shape index (κ2) is 6.32. The molecule has 0 spiro atoms. The van der Waals surface area contributed by atoms with Crippen molar-refractivity contribution >= 4 is 11.7 Å². The zero-order chi connectivity index (χ0) is 16.4. The van der Waals surface area contributed by atoms with Gasteiger partial charge >= 0.3 is 0 Å². The maximum Gasteiger partial charge on any atom is 0.227 e. The lowest BCUT2D eigenvalue weighted by molar-refractivity contribution is -0.131. The highest BCUT2D eigenvalue weighted by atomic mass is 16.2. The first kappa shape index (κ1) is 15.4. The highest BCUT2D eigenvalue weighted by Crippen LogP contribution is 2.20. The van der Waals surface area contributed by atoms with Crippen LogP contribution in [0, 0.1) is 6.92 Å². The van der Waals surface area contributed by atoms with E-state index in [-0.39, 0.29) is 5.91 Å². The van der Waals surface area contributed by atoms with Gasteiger partial charge in [-0.25, -0.2) is 0 Å². The Balaban J connectivity index is 1.71. The minimum Gasteiger partial charge on any atom is -0.361 e. The minimum atomic E-state index is 0.129. The van der Waals surface area contributed by atoms with Crippen LogP contribution in [0.5, 0.6) is 0 Å². The molecule has 1 amide bonds. The number of anilines is 1. The summed E-state index contributed by atoms with van der Waals surface area (Å²) in [6, 6.07) is 5.93. The zero-order valence-electron chi connectivity index (χ0n) is 13.8. The van der Waals surface area contributed by atoms with Crippen LogP contribution in [0.25, 0.3) is 0 Å². The van der Waals surface area contributed by atoms with Crippen molar-refractivity contribution in [3.05, 3.63) is 46.9 Å². The maximum atomic E-state index is 12.5.